The van der Waals surface area contributed by atoms with Crippen molar-refractivity contribution in [1.29, 1.82) is 0 Å². The number of halogens is 2. The first-order chi connectivity index (χ1) is 10.8. The summed E-state index contributed by atoms with van der Waals surface area (Å²) in [6, 6.07) is 4.68. The van der Waals surface area contributed by atoms with Crippen molar-refractivity contribution in [2.45, 2.75) is 59.2 Å². The molecule has 0 bridgehead atoms. The molecule has 1 aromatic rings. The van der Waals surface area contributed by atoms with Gasteiger partial charge in [-0.2, -0.15) is 0 Å². The lowest BCUT2D eigenvalue weighted by atomic mass is 10.1. The maximum atomic E-state index is 12.4. The van der Waals surface area contributed by atoms with Gasteiger partial charge in [0.25, 0.3) is 0 Å². The highest BCUT2D eigenvalue weighted by Crippen LogP contribution is 2.27. The smallest absolute Gasteiger partial charge is 0.243 e. The third-order valence-electron chi connectivity index (χ3n) is 3.51. The SMILES string of the molecule is CCC(=O)N(Cc1c(Cl)cccc1Cl)[C@@H](CC)C(=O)NC(C)C. The lowest BCUT2D eigenvalue weighted by molar-refractivity contribution is -0.141. The molecule has 23 heavy (non-hydrogen) atoms. The molecule has 2 amide bonds. The minimum atomic E-state index is -0.544. The maximum Gasteiger partial charge on any atom is 0.243 e. The van der Waals surface area contributed by atoms with E-state index in [1.54, 1.807) is 30.0 Å². The van der Waals surface area contributed by atoms with Crippen molar-refractivity contribution in [3.05, 3.63) is 33.8 Å². The molecule has 0 aliphatic rings. The van der Waals surface area contributed by atoms with E-state index in [-0.39, 0.29) is 24.4 Å². The van der Waals surface area contributed by atoms with E-state index in [4.69, 9.17) is 23.2 Å². The molecule has 0 heterocycles. The molecular weight excluding hydrogens is 335 g/mol. The van der Waals surface area contributed by atoms with Crippen LogP contribution in [-0.2, 0) is 16.1 Å². The molecule has 1 aromatic carbocycles. The van der Waals surface area contributed by atoms with Crippen LogP contribution < -0.4 is 5.32 Å². The van der Waals surface area contributed by atoms with Crippen LogP contribution in [-0.4, -0.2) is 28.8 Å². The molecule has 0 aliphatic heterocycles. The lowest BCUT2D eigenvalue weighted by Crippen LogP contribution is -2.50. The Morgan fingerprint density at radius 3 is 2.17 bits per heavy atom. The minimum absolute atomic E-state index is 0.0130. The van der Waals surface area contributed by atoms with Crippen LogP contribution in [0.2, 0.25) is 10.0 Å². The van der Waals surface area contributed by atoms with Gasteiger partial charge in [0.1, 0.15) is 6.04 Å². The third kappa shape index (κ3) is 5.40. The van der Waals surface area contributed by atoms with Gasteiger partial charge in [-0.3, -0.25) is 9.59 Å². The Morgan fingerprint density at radius 2 is 1.74 bits per heavy atom. The van der Waals surface area contributed by atoms with E-state index in [2.05, 4.69) is 5.32 Å². The number of hydrogen-bond acceptors (Lipinski definition) is 2. The molecule has 0 aromatic heterocycles. The van der Waals surface area contributed by atoms with Crippen LogP contribution in [0.1, 0.15) is 46.1 Å². The Morgan fingerprint density at radius 1 is 1.17 bits per heavy atom. The molecule has 0 saturated heterocycles. The summed E-state index contributed by atoms with van der Waals surface area (Å²) >= 11 is 12.4. The second kappa shape index (κ2) is 9.14. The molecule has 0 radical (unpaired) electrons. The predicted octanol–water partition coefficient (Wildman–Crippen LogP) is 4.04. The summed E-state index contributed by atoms with van der Waals surface area (Å²) in [6.07, 6.45) is 0.833. The summed E-state index contributed by atoms with van der Waals surface area (Å²) < 4.78 is 0. The first kappa shape index (κ1) is 19.8. The molecule has 4 nitrogen and oxygen atoms in total. The van der Waals surface area contributed by atoms with E-state index in [1.807, 2.05) is 20.8 Å². The van der Waals surface area contributed by atoms with Crippen molar-refractivity contribution < 1.29 is 9.59 Å². The fourth-order valence-corrected chi connectivity index (χ4v) is 2.87. The van der Waals surface area contributed by atoms with Crippen molar-refractivity contribution in [3.63, 3.8) is 0 Å². The Kier molecular flexibility index (Phi) is 7.86. The van der Waals surface area contributed by atoms with Crippen LogP contribution in [0.15, 0.2) is 18.2 Å². The minimum Gasteiger partial charge on any atom is -0.352 e. The van der Waals surface area contributed by atoms with E-state index < -0.39 is 6.04 Å². The van der Waals surface area contributed by atoms with Gasteiger partial charge in [0, 0.05) is 34.6 Å². The van der Waals surface area contributed by atoms with Gasteiger partial charge < -0.3 is 10.2 Å². The standard InChI is InChI=1S/C17H24Cl2N2O2/c1-5-15(17(23)20-11(3)4)21(16(22)6-2)10-12-13(18)8-7-9-14(12)19/h7-9,11,15H,5-6,10H2,1-4H3,(H,20,23)/t15-/m0/s1. The second-order valence-electron chi connectivity index (χ2n) is 5.66. The largest absolute Gasteiger partial charge is 0.352 e. The van der Waals surface area contributed by atoms with Crippen LogP contribution in [0.25, 0.3) is 0 Å². The fourth-order valence-electron chi connectivity index (χ4n) is 2.36. The molecule has 6 heteroatoms. The van der Waals surface area contributed by atoms with Crippen molar-refractivity contribution in [2.24, 2.45) is 0 Å². The summed E-state index contributed by atoms with van der Waals surface area (Å²) in [5.41, 5.74) is 0.661. The molecule has 1 atom stereocenters. The average molecular weight is 359 g/mol. The number of benzene rings is 1. The number of nitrogens with zero attached hydrogens (tertiary/aromatic N) is 1. The number of carbonyl (C=O) groups is 2. The van der Waals surface area contributed by atoms with E-state index in [1.165, 1.54) is 0 Å². The normalized spacial score (nSPS) is 12.1. The van der Waals surface area contributed by atoms with E-state index >= 15 is 0 Å². The number of hydrogen-bond donors (Lipinski definition) is 1. The molecule has 0 spiro atoms. The summed E-state index contributed by atoms with van der Waals surface area (Å²) in [6.45, 7) is 7.66. The topological polar surface area (TPSA) is 49.4 Å². The van der Waals surface area contributed by atoms with E-state index in [0.717, 1.165) is 0 Å². The third-order valence-corrected chi connectivity index (χ3v) is 4.22. The van der Waals surface area contributed by atoms with Gasteiger partial charge in [-0.25, -0.2) is 0 Å². The van der Waals surface area contributed by atoms with Crippen LogP contribution in [0.5, 0.6) is 0 Å². The van der Waals surface area contributed by atoms with Gasteiger partial charge in [-0.1, -0.05) is 43.1 Å². The summed E-state index contributed by atoms with van der Waals surface area (Å²) in [5.74, 6) is -0.265. The van der Waals surface area contributed by atoms with Gasteiger partial charge in [0.2, 0.25) is 11.8 Å². The quantitative estimate of drug-likeness (QED) is 0.799. The Hall–Kier alpha value is -1.26. The van der Waals surface area contributed by atoms with Crippen molar-refractivity contribution in [2.75, 3.05) is 0 Å². The summed E-state index contributed by atoms with van der Waals surface area (Å²) in [5, 5.41) is 3.85. The van der Waals surface area contributed by atoms with Gasteiger partial charge in [-0.05, 0) is 32.4 Å². The van der Waals surface area contributed by atoms with Crippen molar-refractivity contribution in [1.82, 2.24) is 10.2 Å². The van der Waals surface area contributed by atoms with Crippen molar-refractivity contribution in [3.8, 4) is 0 Å². The molecule has 0 aliphatic carbocycles. The van der Waals surface area contributed by atoms with Gasteiger partial charge >= 0.3 is 0 Å². The van der Waals surface area contributed by atoms with E-state index in [9.17, 15) is 9.59 Å². The first-order valence-electron chi connectivity index (χ1n) is 7.84. The first-order valence-corrected chi connectivity index (χ1v) is 8.60. The van der Waals surface area contributed by atoms with E-state index in [0.29, 0.717) is 28.5 Å². The highest BCUT2D eigenvalue weighted by molar-refractivity contribution is 6.36. The monoisotopic (exact) mass is 358 g/mol. The van der Waals surface area contributed by atoms with Crippen LogP contribution in [0, 0.1) is 0 Å². The Balaban J connectivity index is 3.13. The number of amides is 2. The molecule has 0 saturated carbocycles. The van der Waals surface area contributed by atoms with Gasteiger partial charge in [-0.15, -0.1) is 0 Å². The molecule has 0 unspecified atom stereocenters. The fraction of sp³-hybridized carbons (Fsp3) is 0.529. The Labute approximate surface area is 148 Å². The number of carbonyl (C=O) groups excluding carboxylic acids is 2. The summed E-state index contributed by atoms with van der Waals surface area (Å²) in [7, 11) is 0. The lowest BCUT2D eigenvalue weighted by Gasteiger charge is -2.31. The number of rotatable bonds is 7. The molecule has 1 N–H and O–H groups in total. The zero-order chi connectivity index (χ0) is 17.6. The number of nitrogens with one attached hydrogen (secondary N) is 1. The Bertz CT molecular complexity index is 541. The van der Waals surface area contributed by atoms with Gasteiger partial charge in [0.15, 0.2) is 0 Å². The molecular formula is C17H24Cl2N2O2. The van der Waals surface area contributed by atoms with Crippen LogP contribution in [0.3, 0.4) is 0 Å². The van der Waals surface area contributed by atoms with Crippen LogP contribution >= 0.6 is 23.2 Å². The zero-order valence-corrected chi connectivity index (χ0v) is 15.5. The van der Waals surface area contributed by atoms with Gasteiger partial charge in [0.05, 0.1) is 0 Å². The highest BCUT2D eigenvalue weighted by atomic mass is 35.5. The predicted molar refractivity (Wildman–Crippen MR) is 94.7 cm³/mol. The van der Waals surface area contributed by atoms with Crippen LogP contribution in [0.4, 0.5) is 0 Å². The molecule has 1 rings (SSSR count). The summed E-state index contributed by atoms with van der Waals surface area (Å²) in [4.78, 5) is 26.4. The zero-order valence-electron chi connectivity index (χ0n) is 14.0. The highest BCUT2D eigenvalue weighted by Gasteiger charge is 2.29. The van der Waals surface area contributed by atoms with Crippen molar-refractivity contribution >= 4 is 35.0 Å². The average Bonchev–Trinajstić information content (AvgIpc) is 2.48. The molecule has 128 valence electrons. The molecule has 0 fully saturated rings. The second-order valence-corrected chi connectivity index (χ2v) is 6.48. The maximum absolute atomic E-state index is 12.4.